The van der Waals surface area contributed by atoms with Gasteiger partial charge in [0.05, 0.1) is 29.3 Å². The van der Waals surface area contributed by atoms with Crippen molar-refractivity contribution in [3.05, 3.63) is 70.5 Å². The van der Waals surface area contributed by atoms with E-state index in [-0.39, 0.29) is 28.4 Å². The topological polar surface area (TPSA) is 84.0 Å². The Kier molecular flexibility index (Phi) is 9.75. The smallest absolute Gasteiger partial charge is 0.416 e. The molecule has 0 unspecified atom stereocenters. The first kappa shape index (κ1) is 29.5. The lowest BCUT2D eigenvalue weighted by Gasteiger charge is -2.16. The van der Waals surface area contributed by atoms with Crippen LogP contribution in [0.5, 0.6) is 23.0 Å². The number of hydrogen-bond acceptors (Lipinski definition) is 8. The predicted octanol–water partition coefficient (Wildman–Crippen LogP) is 7.54. The molecule has 1 aromatic heterocycles. The van der Waals surface area contributed by atoms with Crippen molar-refractivity contribution in [3.63, 3.8) is 0 Å². The number of alkyl halides is 3. The third kappa shape index (κ3) is 7.57. The molecule has 0 fully saturated rings. The number of halogens is 5. The second-order valence-electron chi connectivity index (χ2n) is 8.24. The van der Waals surface area contributed by atoms with Crippen molar-refractivity contribution in [1.29, 1.82) is 0 Å². The fourth-order valence-corrected chi connectivity index (χ4v) is 3.95. The zero-order valence-corrected chi connectivity index (χ0v) is 22.9. The standard InChI is InChI=1S/C27H24Cl2F3N3O5/c1-36-8-10-38-23-14-19-21(15-24(23)39-11-9-37-2)34-26(29)35-25(19)33-17-6-7-22(20(28)13-17)40-18-5-3-4-16(12-18)27(30,31)32/h3-7,12-15H,8-11H2,1-2H3,(H,33,34,35). The monoisotopic (exact) mass is 597 g/mol. The number of fused-ring (bicyclic) bond motifs is 1. The van der Waals surface area contributed by atoms with Gasteiger partial charge in [-0.15, -0.1) is 0 Å². The summed E-state index contributed by atoms with van der Waals surface area (Å²) in [5.74, 6) is 1.41. The Morgan fingerprint density at radius 1 is 0.800 bits per heavy atom. The van der Waals surface area contributed by atoms with Crippen molar-refractivity contribution in [1.82, 2.24) is 9.97 Å². The molecule has 4 rings (SSSR count). The largest absolute Gasteiger partial charge is 0.487 e. The van der Waals surface area contributed by atoms with Crippen LogP contribution in [0.15, 0.2) is 54.6 Å². The van der Waals surface area contributed by atoms with Gasteiger partial charge in [-0.05, 0) is 54.1 Å². The van der Waals surface area contributed by atoms with Gasteiger partial charge in [0.15, 0.2) is 11.5 Å². The highest BCUT2D eigenvalue weighted by Crippen LogP contribution is 2.38. The first-order chi connectivity index (χ1) is 19.2. The average Bonchev–Trinajstić information content (AvgIpc) is 2.90. The number of benzene rings is 3. The number of nitrogens with one attached hydrogen (secondary N) is 1. The molecule has 0 bridgehead atoms. The van der Waals surface area contributed by atoms with Crippen LogP contribution in [0, 0.1) is 0 Å². The summed E-state index contributed by atoms with van der Waals surface area (Å²) in [6, 6.07) is 12.6. The Bertz CT molecular complexity index is 1470. The van der Waals surface area contributed by atoms with Gasteiger partial charge < -0.3 is 29.0 Å². The van der Waals surface area contributed by atoms with E-state index in [9.17, 15) is 13.2 Å². The molecule has 3 aromatic carbocycles. The highest BCUT2D eigenvalue weighted by Gasteiger charge is 2.30. The summed E-state index contributed by atoms with van der Waals surface area (Å²) in [7, 11) is 3.14. The Labute approximate surface area is 237 Å². The van der Waals surface area contributed by atoms with Crippen LogP contribution in [-0.2, 0) is 15.7 Å². The molecule has 212 valence electrons. The summed E-state index contributed by atoms with van der Waals surface area (Å²) >= 11 is 12.6. The fraction of sp³-hybridized carbons (Fsp3) is 0.259. The average molecular weight is 598 g/mol. The summed E-state index contributed by atoms with van der Waals surface area (Å²) in [5, 5.41) is 3.87. The molecule has 0 saturated carbocycles. The maximum atomic E-state index is 13.0. The summed E-state index contributed by atoms with van der Waals surface area (Å²) in [6.45, 7) is 1.31. The van der Waals surface area contributed by atoms with Gasteiger partial charge in [0.25, 0.3) is 0 Å². The van der Waals surface area contributed by atoms with Crippen LogP contribution in [0.1, 0.15) is 5.56 Å². The molecule has 13 heteroatoms. The molecule has 0 amide bonds. The molecule has 1 N–H and O–H groups in total. The summed E-state index contributed by atoms with van der Waals surface area (Å²) < 4.78 is 66.5. The molecular formula is C27H24Cl2F3N3O5. The first-order valence-electron chi connectivity index (χ1n) is 11.8. The lowest BCUT2D eigenvalue weighted by molar-refractivity contribution is -0.137. The zero-order chi connectivity index (χ0) is 28.7. The van der Waals surface area contributed by atoms with Gasteiger partial charge in [-0.2, -0.15) is 18.2 Å². The van der Waals surface area contributed by atoms with Gasteiger partial charge in [0.1, 0.15) is 30.5 Å². The van der Waals surface area contributed by atoms with Crippen LogP contribution in [0.4, 0.5) is 24.7 Å². The number of nitrogens with zero attached hydrogens (tertiary/aromatic N) is 2. The van der Waals surface area contributed by atoms with Crippen LogP contribution < -0.4 is 19.5 Å². The Hall–Kier alpha value is -3.51. The van der Waals surface area contributed by atoms with Crippen LogP contribution in [0.2, 0.25) is 10.3 Å². The van der Waals surface area contributed by atoms with Gasteiger partial charge in [0, 0.05) is 31.4 Å². The molecule has 0 aliphatic heterocycles. The Morgan fingerprint density at radius 2 is 1.50 bits per heavy atom. The number of anilines is 2. The zero-order valence-electron chi connectivity index (χ0n) is 21.4. The maximum Gasteiger partial charge on any atom is 0.416 e. The van der Waals surface area contributed by atoms with Crippen molar-refractivity contribution >= 4 is 45.6 Å². The lowest BCUT2D eigenvalue weighted by atomic mass is 10.2. The van der Waals surface area contributed by atoms with E-state index in [1.165, 1.54) is 18.2 Å². The molecule has 8 nitrogen and oxygen atoms in total. The van der Waals surface area contributed by atoms with Crippen molar-refractivity contribution in [3.8, 4) is 23.0 Å². The minimum Gasteiger partial charge on any atom is -0.487 e. The van der Waals surface area contributed by atoms with Crippen LogP contribution in [0.25, 0.3) is 10.9 Å². The molecule has 0 saturated heterocycles. The predicted molar refractivity (Wildman–Crippen MR) is 146 cm³/mol. The van der Waals surface area contributed by atoms with Gasteiger partial charge in [-0.25, -0.2) is 4.98 Å². The third-order valence-electron chi connectivity index (χ3n) is 5.41. The highest BCUT2D eigenvalue weighted by atomic mass is 35.5. The Balaban J connectivity index is 1.61. The second kappa shape index (κ2) is 13.2. The summed E-state index contributed by atoms with van der Waals surface area (Å²) in [6.07, 6.45) is -4.50. The van der Waals surface area contributed by atoms with Crippen LogP contribution in [-0.4, -0.2) is 50.6 Å². The van der Waals surface area contributed by atoms with E-state index < -0.39 is 11.7 Å². The lowest BCUT2D eigenvalue weighted by Crippen LogP contribution is -2.09. The number of hydrogen-bond donors (Lipinski definition) is 1. The highest BCUT2D eigenvalue weighted by molar-refractivity contribution is 6.32. The van der Waals surface area contributed by atoms with Crippen molar-refractivity contribution in [2.24, 2.45) is 0 Å². The molecule has 0 radical (unpaired) electrons. The molecule has 1 heterocycles. The van der Waals surface area contributed by atoms with Crippen molar-refractivity contribution < 1.29 is 36.9 Å². The summed E-state index contributed by atoms with van der Waals surface area (Å²) in [4.78, 5) is 8.62. The maximum absolute atomic E-state index is 13.0. The van der Waals surface area contributed by atoms with E-state index in [0.29, 0.717) is 53.7 Å². The van der Waals surface area contributed by atoms with Crippen molar-refractivity contribution in [2.45, 2.75) is 6.18 Å². The van der Waals surface area contributed by atoms with Crippen LogP contribution >= 0.6 is 23.2 Å². The van der Waals surface area contributed by atoms with E-state index in [0.717, 1.165) is 12.1 Å². The SMILES string of the molecule is COCCOc1cc2nc(Cl)nc(Nc3ccc(Oc4cccc(C(F)(F)F)c4)c(Cl)c3)c2cc1OCCOC. The fourth-order valence-electron chi connectivity index (χ4n) is 3.56. The molecule has 4 aromatic rings. The van der Waals surface area contributed by atoms with Crippen molar-refractivity contribution in [2.75, 3.05) is 46.0 Å². The van der Waals surface area contributed by atoms with E-state index in [2.05, 4.69) is 15.3 Å². The molecule has 0 aliphatic carbocycles. The van der Waals surface area contributed by atoms with Gasteiger partial charge in [-0.1, -0.05) is 17.7 Å². The van der Waals surface area contributed by atoms with Gasteiger partial charge in [-0.3, -0.25) is 0 Å². The molecule has 0 aliphatic rings. The molecular weight excluding hydrogens is 574 g/mol. The van der Waals surface area contributed by atoms with E-state index in [1.54, 1.807) is 38.5 Å². The number of ether oxygens (including phenoxy) is 5. The van der Waals surface area contributed by atoms with E-state index >= 15 is 0 Å². The normalized spacial score (nSPS) is 11.5. The first-order valence-corrected chi connectivity index (χ1v) is 12.6. The van der Waals surface area contributed by atoms with E-state index in [4.69, 9.17) is 46.9 Å². The van der Waals surface area contributed by atoms with Gasteiger partial charge >= 0.3 is 6.18 Å². The molecule has 40 heavy (non-hydrogen) atoms. The summed E-state index contributed by atoms with van der Waals surface area (Å²) in [5.41, 5.74) is 0.175. The number of rotatable bonds is 12. The minimum absolute atomic E-state index is 0.00413. The number of methoxy groups -OCH3 is 2. The Morgan fingerprint density at radius 3 is 2.15 bits per heavy atom. The minimum atomic E-state index is -4.50. The van der Waals surface area contributed by atoms with E-state index in [1.807, 2.05) is 0 Å². The van der Waals surface area contributed by atoms with Gasteiger partial charge in [0.2, 0.25) is 5.28 Å². The molecule has 0 atom stereocenters. The van der Waals surface area contributed by atoms with Crippen LogP contribution in [0.3, 0.4) is 0 Å². The second-order valence-corrected chi connectivity index (χ2v) is 8.98. The third-order valence-corrected chi connectivity index (χ3v) is 5.87. The number of aromatic nitrogens is 2. The quantitative estimate of drug-likeness (QED) is 0.132. The molecule has 0 spiro atoms.